The molecule has 138 valence electrons. The number of aromatic nitrogens is 2. The normalized spacial score (nSPS) is 10.7. The van der Waals surface area contributed by atoms with E-state index in [2.05, 4.69) is 33.5 Å². The number of nitrogens with one attached hydrogen (secondary N) is 2. The van der Waals surface area contributed by atoms with E-state index in [0.717, 1.165) is 36.5 Å². The van der Waals surface area contributed by atoms with Gasteiger partial charge in [0.2, 0.25) is 0 Å². The Morgan fingerprint density at radius 3 is 2.78 bits per heavy atom. The van der Waals surface area contributed by atoms with Crippen LogP contribution < -0.4 is 10.1 Å². The van der Waals surface area contributed by atoms with Gasteiger partial charge in [0.1, 0.15) is 17.6 Å². The third-order valence-electron chi connectivity index (χ3n) is 4.26. The fraction of sp³-hybridized carbons (Fsp3) is 0.238. The lowest BCUT2D eigenvalue weighted by atomic mass is 10.0. The van der Waals surface area contributed by atoms with Crippen molar-refractivity contribution in [2.75, 3.05) is 27.2 Å². The zero-order chi connectivity index (χ0) is 19.1. The van der Waals surface area contributed by atoms with Crippen molar-refractivity contribution in [2.24, 2.45) is 0 Å². The van der Waals surface area contributed by atoms with Gasteiger partial charge in [0.15, 0.2) is 0 Å². The highest BCUT2D eigenvalue weighted by atomic mass is 16.5. The summed E-state index contributed by atoms with van der Waals surface area (Å²) < 4.78 is 5.85. The van der Waals surface area contributed by atoms with Gasteiger partial charge in [-0.05, 0) is 43.9 Å². The fourth-order valence-electron chi connectivity index (χ4n) is 2.82. The molecule has 0 unspecified atom stereocenters. The molecule has 0 saturated carbocycles. The molecule has 0 aliphatic carbocycles. The molecule has 27 heavy (non-hydrogen) atoms. The van der Waals surface area contributed by atoms with Crippen molar-refractivity contribution >= 4 is 0 Å². The number of nitriles is 1. The average molecular weight is 361 g/mol. The van der Waals surface area contributed by atoms with Crippen LogP contribution in [0, 0.1) is 11.3 Å². The van der Waals surface area contributed by atoms with Crippen molar-refractivity contribution in [3.63, 3.8) is 0 Å². The highest BCUT2D eigenvalue weighted by Crippen LogP contribution is 2.30. The van der Waals surface area contributed by atoms with Gasteiger partial charge in [-0.3, -0.25) is 10.00 Å². The molecule has 0 atom stereocenters. The summed E-state index contributed by atoms with van der Waals surface area (Å²) in [4.78, 5) is 2.20. The minimum Gasteiger partial charge on any atom is -0.456 e. The molecular formula is C21H23N5O. The summed E-state index contributed by atoms with van der Waals surface area (Å²) in [7, 11) is 4.00. The number of para-hydroxylation sites is 1. The van der Waals surface area contributed by atoms with Crippen LogP contribution in [0.25, 0.3) is 11.1 Å². The van der Waals surface area contributed by atoms with Crippen molar-refractivity contribution in [3.8, 4) is 28.7 Å². The number of H-pyrrole nitrogens is 1. The van der Waals surface area contributed by atoms with Crippen LogP contribution in [0.15, 0.2) is 54.7 Å². The second-order valence-corrected chi connectivity index (χ2v) is 6.32. The van der Waals surface area contributed by atoms with Gasteiger partial charge < -0.3 is 10.1 Å². The minimum absolute atomic E-state index is 0.493. The van der Waals surface area contributed by atoms with Crippen LogP contribution in [0.5, 0.6) is 11.5 Å². The van der Waals surface area contributed by atoms with Crippen molar-refractivity contribution in [2.45, 2.75) is 6.54 Å². The molecule has 1 aromatic heterocycles. The highest BCUT2D eigenvalue weighted by molar-refractivity contribution is 5.69. The summed E-state index contributed by atoms with van der Waals surface area (Å²) in [5.74, 6) is 1.25. The maximum Gasteiger partial charge on any atom is 0.145 e. The van der Waals surface area contributed by atoms with Crippen LogP contribution in [0.4, 0.5) is 0 Å². The zero-order valence-corrected chi connectivity index (χ0v) is 15.6. The van der Waals surface area contributed by atoms with Gasteiger partial charge in [0, 0.05) is 31.4 Å². The van der Waals surface area contributed by atoms with Crippen molar-refractivity contribution in [1.82, 2.24) is 20.4 Å². The molecule has 1 heterocycles. The average Bonchev–Trinajstić information content (AvgIpc) is 3.15. The molecule has 0 radical (unpaired) electrons. The Labute approximate surface area is 159 Å². The minimum atomic E-state index is 0.493. The molecular weight excluding hydrogens is 338 g/mol. The Balaban J connectivity index is 1.82. The molecule has 3 aromatic rings. The summed E-state index contributed by atoms with van der Waals surface area (Å²) in [6.07, 6.45) is 1.87. The van der Waals surface area contributed by atoms with Crippen molar-refractivity contribution in [3.05, 3.63) is 66.0 Å². The molecule has 0 aliphatic rings. The monoisotopic (exact) mass is 361 g/mol. The lowest BCUT2D eigenvalue weighted by Gasteiger charge is -2.16. The van der Waals surface area contributed by atoms with E-state index in [1.54, 1.807) is 0 Å². The van der Waals surface area contributed by atoms with E-state index in [1.807, 2.05) is 61.8 Å². The number of ether oxygens (including phenoxy) is 1. The molecule has 0 amide bonds. The quantitative estimate of drug-likeness (QED) is 0.643. The van der Waals surface area contributed by atoms with Gasteiger partial charge >= 0.3 is 0 Å². The lowest BCUT2D eigenvalue weighted by Crippen LogP contribution is -2.27. The van der Waals surface area contributed by atoms with Gasteiger partial charge in [-0.25, -0.2) is 0 Å². The first-order valence-corrected chi connectivity index (χ1v) is 8.84. The smallest absolute Gasteiger partial charge is 0.145 e. The van der Waals surface area contributed by atoms with Crippen molar-refractivity contribution in [1.29, 1.82) is 5.26 Å². The van der Waals surface area contributed by atoms with E-state index >= 15 is 0 Å². The standard InChI is InChI=1S/C21H23N5O/c1-23-10-11-26(2)15-20-19(14-24-25-20)16-8-9-21(17(12-16)13-22)27-18-6-4-3-5-7-18/h3-9,12,14,23H,10-11,15H2,1-2H3,(H,24,25). The fourth-order valence-corrected chi connectivity index (χ4v) is 2.82. The van der Waals surface area contributed by atoms with E-state index in [4.69, 9.17) is 4.74 Å². The Hall–Kier alpha value is -3.14. The molecule has 0 fully saturated rings. The number of hydrogen-bond donors (Lipinski definition) is 2. The van der Waals surface area contributed by atoms with Crippen LogP contribution in [0.2, 0.25) is 0 Å². The lowest BCUT2D eigenvalue weighted by molar-refractivity contribution is 0.324. The molecule has 0 saturated heterocycles. The maximum atomic E-state index is 9.56. The van der Waals surface area contributed by atoms with Gasteiger partial charge in [0.25, 0.3) is 0 Å². The number of benzene rings is 2. The third kappa shape index (κ3) is 4.73. The Morgan fingerprint density at radius 1 is 1.22 bits per heavy atom. The zero-order valence-electron chi connectivity index (χ0n) is 15.6. The molecule has 3 rings (SSSR count). The number of rotatable bonds is 8. The molecule has 0 aliphatic heterocycles. The molecule has 6 nitrogen and oxygen atoms in total. The van der Waals surface area contributed by atoms with Crippen LogP contribution >= 0.6 is 0 Å². The van der Waals surface area contributed by atoms with Gasteiger partial charge in [-0.15, -0.1) is 0 Å². The third-order valence-corrected chi connectivity index (χ3v) is 4.26. The summed E-state index contributed by atoms with van der Waals surface area (Å²) in [6, 6.07) is 17.3. The van der Waals surface area contributed by atoms with E-state index in [0.29, 0.717) is 17.1 Å². The Kier molecular flexibility index (Phi) is 6.21. The van der Waals surface area contributed by atoms with Gasteiger partial charge in [-0.1, -0.05) is 24.3 Å². The second kappa shape index (κ2) is 8.99. The van der Waals surface area contributed by atoms with Crippen LogP contribution in [-0.4, -0.2) is 42.3 Å². The molecule has 2 aromatic carbocycles. The van der Waals surface area contributed by atoms with E-state index < -0.39 is 0 Å². The van der Waals surface area contributed by atoms with Crippen LogP contribution in [0.1, 0.15) is 11.3 Å². The summed E-state index contributed by atoms with van der Waals surface area (Å²) in [5.41, 5.74) is 3.38. The first-order chi connectivity index (χ1) is 13.2. The van der Waals surface area contributed by atoms with Crippen LogP contribution in [-0.2, 0) is 6.54 Å². The Bertz CT molecular complexity index is 914. The van der Waals surface area contributed by atoms with E-state index in [9.17, 15) is 5.26 Å². The van der Waals surface area contributed by atoms with Crippen molar-refractivity contribution < 1.29 is 4.74 Å². The molecule has 0 spiro atoms. The van der Waals surface area contributed by atoms with E-state index in [-0.39, 0.29) is 0 Å². The summed E-state index contributed by atoms with van der Waals surface area (Å²) in [6.45, 7) is 2.57. The molecule has 2 N–H and O–H groups in total. The number of aromatic amines is 1. The predicted octanol–water partition coefficient (Wildman–Crippen LogP) is 3.39. The molecule has 0 bridgehead atoms. The SMILES string of the molecule is CNCCN(C)Cc1n[nH]cc1-c1ccc(Oc2ccccc2)c(C#N)c1. The van der Waals surface area contributed by atoms with Gasteiger partial charge in [-0.2, -0.15) is 10.4 Å². The second-order valence-electron chi connectivity index (χ2n) is 6.32. The predicted molar refractivity (Wildman–Crippen MR) is 106 cm³/mol. The molecule has 6 heteroatoms. The summed E-state index contributed by atoms with van der Waals surface area (Å²) >= 11 is 0. The number of nitrogens with zero attached hydrogens (tertiary/aromatic N) is 3. The van der Waals surface area contributed by atoms with Crippen LogP contribution in [0.3, 0.4) is 0 Å². The summed E-state index contributed by atoms with van der Waals surface area (Å²) in [5, 5.41) is 20.0. The highest BCUT2D eigenvalue weighted by Gasteiger charge is 2.13. The van der Waals surface area contributed by atoms with E-state index in [1.165, 1.54) is 0 Å². The first kappa shape index (κ1) is 18.6. The Morgan fingerprint density at radius 2 is 2.04 bits per heavy atom. The number of hydrogen-bond acceptors (Lipinski definition) is 5. The topological polar surface area (TPSA) is 77.0 Å². The maximum absolute atomic E-state index is 9.56. The van der Waals surface area contributed by atoms with Gasteiger partial charge in [0.05, 0.1) is 11.3 Å². The first-order valence-electron chi connectivity index (χ1n) is 8.84. The largest absolute Gasteiger partial charge is 0.456 e. The number of likely N-dealkylation sites (N-methyl/N-ethyl adjacent to an activating group) is 2.